The van der Waals surface area contributed by atoms with E-state index in [9.17, 15) is 18.4 Å². The van der Waals surface area contributed by atoms with E-state index >= 15 is 0 Å². The molecule has 0 spiro atoms. The predicted molar refractivity (Wildman–Crippen MR) is 119 cm³/mol. The van der Waals surface area contributed by atoms with Crippen molar-refractivity contribution in [3.05, 3.63) is 86.8 Å². The fourth-order valence-electron chi connectivity index (χ4n) is 3.69. The Balaban J connectivity index is 1.49. The van der Waals surface area contributed by atoms with Crippen LogP contribution in [0.3, 0.4) is 0 Å². The molecule has 9 heteroatoms. The number of hydrogen-bond donors (Lipinski definition) is 0. The highest BCUT2D eigenvalue weighted by molar-refractivity contribution is 6.33. The van der Waals surface area contributed by atoms with Crippen molar-refractivity contribution in [1.29, 1.82) is 0 Å². The third-order valence-electron chi connectivity index (χ3n) is 5.56. The van der Waals surface area contributed by atoms with E-state index in [1.807, 2.05) is 29.2 Å². The number of carbonyl (C=O) groups excluding carboxylic acids is 1. The van der Waals surface area contributed by atoms with Crippen LogP contribution in [0.4, 0.5) is 14.5 Å². The van der Waals surface area contributed by atoms with Crippen molar-refractivity contribution < 1.29 is 13.6 Å². The van der Waals surface area contributed by atoms with Crippen molar-refractivity contribution >= 4 is 23.2 Å². The predicted octanol–water partition coefficient (Wildman–Crippen LogP) is 3.69. The third kappa shape index (κ3) is 4.23. The molecule has 0 radical (unpaired) electrons. The Kier molecular flexibility index (Phi) is 6.23. The second-order valence-electron chi connectivity index (χ2n) is 7.49. The fourth-order valence-corrected chi connectivity index (χ4v) is 3.93. The summed E-state index contributed by atoms with van der Waals surface area (Å²) in [6, 6.07) is 10.4. The Morgan fingerprint density at radius 2 is 1.72 bits per heavy atom. The van der Waals surface area contributed by atoms with Gasteiger partial charge in [-0.3, -0.25) is 9.59 Å². The number of hydrogen-bond acceptors (Lipinski definition) is 4. The summed E-state index contributed by atoms with van der Waals surface area (Å²) >= 11 is 6.30. The second-order valence-corrected chi connectivity index (χ2v) is 7.86. The summed E-state index contributed by atoms with van der Waals surface area (Å²) in [6.07, 6.45) is 2.29. The van der Waals surface area contributed by atoms with Crippen LogP contribution >= 0.6 is 11.6 Å². The minimum atomic E-state index is -0.914. The maximum atomic E-state index is 14.1. The minimum Gasteiger partial charge on any atom is -0.365 e. The number of piperazine rings is 1. The summed E-state index contributed by atoms with van der Waals surface area (Å²) in [5.74, 6) is -1.71. The van der Waals surface area contributed by atoms with Crippen molar-refractivity contribution in [2.45, 2.75) is 13.3 Å². The van der Waals surface area contributed by atoms with Crippen LogP contribution in [0.1, 0.15) is 22.8 Å². The first-order chi connectivity index (χ1) is 15.4. The van der Waals surface area contributed by atoms with Gasteiger partial charge in [-0.05, 0) is 36.2 Å². The zero-order chi connectivity index (χ0) is 22.8. The Labute approximate surface area is 188 Å². The lowest BCUT2D eigenvalue weighted by Crippen LogP contribution is -2.49. The van der Waals surface area contributed by atoms with Crippen LogP contribution in [-0.4, -0.2) is 46.8 Å². The van der Waals surface area contributed by atoms with Gasteiger partial charge in [-0.1, -0.05) is 30.7 Å². The number of aryl methyl sites for hydroxylation is 1. The van der Waals surface area contributed by atoms with E-state index in [0.717, 1.165) is 23.2 Å². The molecule has 0 N–H and O–H groups in total. The Morgan fingerprint density at radius 1 is 1.03 bits per heavy atom. The highest BCUT2D eigenvalue weighted by atomic mass is 35.5. The van der Waals surface area contributed by atoms with E-state index in [2.05, 4.69) is 12.0 Å². The Bertz CT molecular complexity index is 1210. The number of benzene rings is 2. The Hall–Kier alpha value is -3.26. The van der Waals surface area contributed by atoms with Gasteiger partial charge in [0.2, 0.25) is 0 Å². The molecule has 1 fully saturated rings. The zero-order valence-corrected chi connectivity index (χ0v) is 18.1. The lowest BCUT2D eigenvalue weighted by atomic mass is 10.1. The van der Waals surface area contributed by atoms with E-state index < -0.39 is 17.2 Å². The van der Waals surface area contributed by atoms with Crippen LogP contribution in [0, 0.1) is 11.6 Å². The van der Waals surface area contributed by atoms with Gasteiger partial charge in [0.15, 0.2) is 5.82 Å². The van der Waals surface area contributed by atoms with Gasteiger partial charge in [0, 0.05) is 37.8 Å². The molecule has 166 valence electrons. The Morgan fingerprint density at radius 3 is 2.34 bits per heavy atom. The molecule has 4 rings (SSSR count). The molecule has 0 bridgehead atoms. The monoisotopic (exact) mass is 458 g/mol. The number of halogens is 3. The molecule has 0 unspecified atom stereocenters. The van der Waals surface area contributed by atoms with E-state index in [4.69, 9.17) is 11.6 Å². The van der Waals surface area contributed by atoms with Crippen LogP contribution in [0.25, 0.3) is 5.69 Å². The lowest BCUT2D eigenvalue weighted by Gasteiger charge is -2.36. The summed E-state index contributed by atoms with van der Waals surface area (Å²) in [7, 11) is 0. The van der Waals surface area contributed by atoms with Crippen molar-refractivity contribution in [3.63, 3.8) is 0 Å². The quantitative estimate of drug-likeness (QED) is 0.598. The van der Waals surface area contributed by atoms with E-state index in [1.165, 1.54) is 11.8 Å². The molecule has 2 heterocycles. The summed E-state index contributed by atoms with van der Waals surface area (Å²) in [4.78, 5) is 29.1. The molecule has 2 aromatic carbocycles. The van der Waals surface area contributed by atoms with Gasteiger partial charge in [0.05, 0.1) is 11.9 Å². The maximum Gasteiger partial charge on any atom is 0.292 e. The van der Waals surface area contributed by atoms with Crippen LogP contribution < -0.4 is 10.5 Å². The van der Waals surface area contributed by atoms with E-state index in [-0.39, 0.29) is 16.6 Å². The molecule has 3 aromatic rings. The van der Waals surface area contributed by atoms with Crippen LogP contribution in [0.15, 0.2) is 53.5 Å². The molecule has 1 aromatic heterocycles. The average molecular weight is 459 g/mol. The van der Waals surface area contributed by atoms with E-state index in [1.54, 1.807) is 4.90 Å². The highest BCUT2D eigenvalue weighted by Gasteiger charge is 2.25. The van der Waals surface area contributed by atoms with Gasteiger partial charge in [0.1, 0.15) is 16.5 Å². The second kappa shape index (κ2) is 9.08. The molecular formula is C23H21ClF2N4O2. The molecule has 0 aliphatic carbocycles. The number of amides is 1. The fraction of sp³-hybridized carbons (Fsp3) is 0.261. The molecule has 0 atom stereocenters. The summed E-state index contributed by atoms with van der Waals surface area (Å²) in [5.41, 5.74) is 1.33. The summed E-state index contributed by atoms with van der Waals surface area (Å²) in [6.45, 7) is 3.91. The number of anilines is 1. The molecule has 1 aliphatic heterocycles. The topological polar surface area (TPSA) is 58.4 Å². The zero-order valence-electron chi connectivity index (χ0n) is 17.4. The molecule has 0 saturated carbocycles. The van der Waals surface area contributed by atoms with Gasteiger partial charge in [-0.25, -0.2) is 8.78 Å². The number of nitrogens with zero attached hydrogens (tertiary/aromatic N) is 4. The van der Waals surface area contributed by atoms with Gasteiger partial charge < -0.3 is 9.80 Å². The van der Waals surface area contributed by atoms with Crippen molar-refractivity contribution in [2.24, 2.45) is 0 Å². The number of rotatable bonds is 4. The van der Waals surface area contributed by atoms with Crippen LogP contribution in [0.2, 0.25) is 5.02 Å². The van der Waals surface area contributed by atoms with Crippen LogP contribution in [-0.2, 0) is 6.42 Å². The lowest BCUT2D eigenvalue weighted by molar-refractivity contribution is 0.0746. The number of carbonyl (C=O) groups is 1. The summed E-state index contributed by atoms with van der Waals surface area (Å²) in [5, 5.41) is 3.92. The van der Waals surface area contributed by atoms with Crippen LogP contribution in [0.5, 0.6) is 0 Å². The largest absolute Gasteiger partial charge is 0.365 e. The normalized spacial score (nSPS) is 14.0. The van der Waals surface area contributed by atoms with Gasteiger partial charge in [-0.15, -0.1) is 0 Å². The van der Waals surface area contributed by atoms with E-state index in [0.29, 0.717) is 43.5 Å². The smallest absolute Gasteiger partial charge is 0.292 e. The number of aromatic nitrogens is 2. The standard InChI is InChI=1S/C23H21ClF2N4O2/c1-2-15-3-5-16(6-4-15)22(31)29-11-9-28(10-12-29)20-14-27-30(23(32)21(20)24)19-8-7-17(25)13-18(19)26/h3-8,13-14H,2,9-12H2,1H3. The van der Waals surface area contributed by atoms with Crippen molar-refractivity contribution in [3.8, 4) is 5.69 Å². The van der Waals surface area contributed by atoms with Crippen molar-refractivity contribution in [2.75, 3.05) is 31.1 Å². The van der Waals surface area contributed by atoms with Gasteiger partial charge in [-0.2, -0.15) is 9.78 Å². The molecule has 1 saturated heterocycles. The van der Waals surface area contributed by atoms with Gasteiger partial charge >= 0.3 is 0 Å². The van der Waals surface area contributed by atoms with Gasteiger partial charge in [0.25, 0.3) is 11.5 Å². The first kappa shape index (κ1) is 22.0. The first-order valence-corrected chi connectivity index (χ1v) is 10.6. The van der Waals surface area contributed by atoms with Crippen molar-refractivity contribution in [1.82, 2.24) is 14.7 Å². The summed E-state index contributed by atoms with van der Waals surface area (Å²) < 4.78 is 28.1. The molecule has 32 heavy (non-hydrogen) atoms. The maximum absolute atomic E-state index is 14.1. The first-order valence-electron chi connectivity index (χ1n) is 10.3. The third-order valence-corrected chi connectivity index (χ3v) is 5.91. The molecule has 1 amide bonds. The highest BCUT2D eigenvalue weighted by Crippen LogP contribution is 2.24. The molecule has 6 nitrogen and oxygen atoms in total. The minimum absolute atomic E-state index is 0.0428. The molecular weight excluding hydrogens is 438 g/mol. The average Bonchev–Trinajstić information content (AvgIpc) is 2.81. The SMILES string of the molecule is CCc1ccc(C(=O)N2CCN(c3cnn(-c4ccc(F)cc4F)c(=O)c3Cl)CC2)cc1. The molecule has 1 aliphatic rings.